The van der Waals surface area contributed by atoms with Gasteiger partial charge in [0.1, 0.15) is 6.61 Å². The van der Waals surface area contributed by atoms with Crippen molar-refractivity contribution in [2.45, 2.75) is 64.3 Å². The summed E-state index contributed by atoms with van der Waals surface area (Å²) < 4.78 is 11.6. The summed E-state index contributed by atoms with van der Waals surface area (Å²) in [6.45, 7) is 10.5. The van der Waals surface area contributed by atoms with Crippen molar-refractivity contribution in [2.75, 3.05) is 39.3 Å². The number of carbonyl (C=O) groups is 2. The van der Waals surface area contributed by atoms with Crippen molar-refractivity contribution in [3.05, 3.63) is 11.6 Å². The van der Waals surface area contributed by atoms with Gasteiger partial charge in [-0.15, -0.1) is 0 Å². The summed E-state index contributed by atoms with van der Waals surface area (Å²) in [5.74, 6) is -0.501. The van der Waals surface area contributed by atoms with Crippen LogP contribution in [0.5, 0.6) is 0 Å². The summed E-state index contributed by atoms with van der Waals surface area (Å²) in [5.41, 5.74) is 6.82. The van der Waals surface area contributed by atoms with Crippen molar-refractivity contribution in [3.63, 3.8) is 0 Å². The molecule has 2 rings (SSSR count). The Morgan fingerprint density at radius 2 is 2.00 bits per heavy atom. The predicted octanol–water partition coefficient (Wildman–Crippen LogP) is 0.171. The van der Waals surface area contributed by atoms with Crippen LogP contribution in [0.2, 0.25) is 0 Å². The second kappa shape index (κ2) is 11.5. The minimum atomic E-state index is -0.437. The van der Waals surface area contributed by atoms with E-state index in [9.17, 15) is 9.59 Å². The highest BCUT2D eigenvalue weighted by Gasteiger charge is 2.36. The Morgan fingerprint density at radius 3 is 2.61 bits per heavy atom. The quantitative estimate of drug-likeness (QED) is 0.477. The van der Waals surface area contributed by atoms with Gasteiger partial charge in [-0.1, -0.05) is 13.8 Å². The van der Waals surface area contributed by atoms with Crippen LogP contribution in [0.1, 0.15) is 40.0 Å². The van der Waals surface area contributed by atoms with Crippen molar-refractivity contribution >= 4 is 11.9 Å². The summed E-state index contributed by atoms with van der Waals surface area (Å²) >= 11 is 0. The van der Waals surface area contributed by atoms with Crippen LogP contribution in [0.25, 0.3) is 0 Å². The Kier molecular flexibility index (Phi) is 9.37. The zero-order chi connectivity index (χ0) is 20.5. The van der Waals surface area contributed by atoms with E-state index in [-0.39, 0.29) is 24.0 Å². The highest BCUT2D eigenvalue weighted by atomic mass is 16.5. The molecule has 0 spiro atoms. The van der Waals surface area contributed by atoms with E-state index in [1.54, 1.807) is 6.08 Å². The van der Waals surface area contributed by atoms with Gasteiger partial charge in [0.2, 0.25) is 5.91 Å². The largest absolute Gasteiger partial charge is 0.461 e. The number of nitrogens with one attached hydrogen (secondary N) is 2. The third kappa shape index (κ3) is 6.84. The van der Waals surface area contributed by atoms with Gasteiger partial charge in [-0.05, 0) is 25.3 Å². The molecule has 160 valence electrons. The lowest BCUT2D eigenvalue weighted by molar-refractivity contribution is -0.140. The lowest BCUT2D eigenvalue weighted by atomic mass is 9.88. The second-order valence-corrected chi connectivity index (χ2v) is 7.55. The van der Waals surface area contributed by atoms with E-state index >= 15 is 0 Å². The van der Waals surface area contributed by atoms with Gasteiger partial charge < -0.3 is 25.8 Å². The number of carbonyl (C=O) groups excluding carboxylic acids is 2. The third-order valence-electron chi connectivity index (χ3n) is 5.38. The number of piperazine rings is 1. The van der Waals surface area contributed by atoms with E-state index in [2.05, 4.69) is 29.4 Å². The standard InChI is InChI=1S/C20H36N4O4/c1-4-16(5-2)28-18-13-15(12-17(21)19(18)23-14(3)25)20(26)27-11-10-24-8-6-22-7-9-24/h13,16-19,22H,4-12,21H2,1-3H3,(H,23,25)/t17-,18+,19+/m0/s1. The molecule has 0 aromatic rings. The molecule has 1 aliphatic heterocycles. The minimum Gasteiger partial charge on any atom is -0.461 e. The van der Waals surface area contributed by atoms with Crippen LogP contribution in [0.3, 0.4) is 0 Å². The van der Waals surface area contributed by atoms with E-state index in [0.29, 0.717) is 18.6 Å². The molecule has 1 saturated heterocycles. The van der Waals surface area contributed by atoms with Crippen LogP contribution in [0, 0.1) is 0 Å². The molecule has 28 heavy (non-hydrogen) atoms. The Morgan fingerprint density at radius 1 is 1.32 bits per heavy atom. The van der Waals surface area contributed by atoms with Gasteiger partial charge in [0.15, 0.2) is 0 Å². The first-order chi connectivity index (χ1) is 13.4. The summed E-state index contributed by atoms with van der Waals surface area (Å²) in [6.07, 6.45) is 3.47. The Hall–Kier alpha value is -1.48. The zero-order valence-electron chi connectivity index (χ0n) is 17.4. The molecule has 1 fully saturated rings. The second-order valence-electron chi connectivity index (χ2n) is 7.55. The fourth-order valence-electron chi connectivity index (χ4n) is 3.69. The number of nitrogens with zero attached hydrogens (tertiary/aromatic N) is 1. The van der Waals surface area contributed by atoms with E-state index in [1.807, 2.05) is 0 Å². The SMILES string of the molecule is CCC(CC)O[C@@H]1C=C(C(=O)OCCN2CCNCC2)C[C@H](N)[C@H]1NC(C)=O. The smallest absolute Gasteiger partial charge is 0.333 e. The Labute approximate surface area is 168 Å². The molecule has 3 atom stereocenters. The van der Waals surface area contributed by atoms with Gasteiger partial charge >= 0.3 is 5.97 Å². The number of amides is 1. The summed E-state index contributed by atoms with van der Waals surface area (Å²) in [6, 6.07) is -0.750. The lowest BCUT2D eigenvalue weighted by Gasteiger charge is -2.36. The topological polar surface area (TPSA) is 106 Å². The molecule has 0 saturated carbocycles. The van der Waals surface area contributed by atoms with Gasteiger partial charge in [0, 0.05) is 51.3 Å². The van der Waals surface area contributed by atoms with Crippen molar-refractivity contribution in [2.24, 2.45) is 5.73 Å². The van der Waals surface area contributed by atoms with E-state index in [4.69, 9.17) is 15.2 Å². The fraction of sp³-hybridized carbons (Fsp3) is 0.800. The van der Waals surface area contributed by atoms with Crippen molar-refractivity contribution in [1.82, 2.24) is 15.5 Å². The van der Waals surface area contributed by atoms with Crippen LogP contribution in [0.4, 0.5) is 0 Å². The Balaban J connectivity index is 1.99. The van der Waals surface area contributed by atoms with Gasteiger partial charge in [-0.3, -0.25) is 9.69 Å². The molecular weight excluding hydrogens is 360 g/mol. The summed E-state index contributed by atoms with van der Waals surface area (Å²) in [4.78, 5) is 26.4. The normalized spacial score (nSPS) is 26.0. The summed E-state index contributed by atoms with van der Waals surface area (Å²) in [7, 11) is 0. The molecule has 4 N–H and O–H groups in total. The number of esters is 1. The fourth-order valence-corrected chi connectivity index (χ4v) is 3.69. The van der Waals surface area contributed by atoms with E-state index in [0.717, 1.165) is 45.6 Å². The van der Waals surface area contributed by atoms with Crippen LogP contribution in [0.15, 0.2) is 11.6 Å². The third-order valence-corrected chi connectivity index (χ3v) is 5.38. The molecule has 8 nitrogen and oxygen atoms in total. The molecule has 0 unspecified atom stereocenters. The van der Waals surface area contributed by atoms with Crippen LogP contribution >= 0.6 is 0 Å². The highest BCUT2D eigenvalue weighted by molar-refractivity contribution is 5.89. The van der Waals surface area contributed by atoms with Gasteiger partial charge in [0.05, 0.1) is 18.2 Å². The molecule has 0 aromatic carbocycles. The van der Waals surface area contributed by atoms with Crippen LogP contribution < -0.4 is 16.4 Å². The molecule has 0 bridgehead atoms. The average Bonchev–Trinajstić information content (AvgIpc) is 2.68. The predicted molar refractivity (Wildman–Crippen MR) is 108 cm³/mol. The zero-order valence-corrected chi connectivity index (χ0v) is 17.4. The number of hydrogen-bond donors (Lipinski definition) is 3. The number of hydrogen-bond acceptors (Lipinski definition) is 7. The van der Waals surface area contributed by atoms with Crippen molar-refractivity contribution < 1.29 is 19.1 Å². The van der Waals surface area contributed by atoms with Gasteiger partial charge in [-0.25, -0.2) is 4.79 Å². The van der Waals surface area contributed by atoms with Gasteiger partial charge in [0.25, 0.3) is 0 Å². The van der Waals surface area contributed by atoms with Crippen LogP contribution in [-0.2, 0) is 19.1 Å². The minimum absolute atomic E-state index is 0.0489. The maximum absolute atomic E-state index is 12.6. The lowest BCUT2D eigenvalue weighted by Crippen LogP contribution is -2.57. The molecule has 0 aromatic heterocycles. The molecule has 2 aliphatic rings. The monoisotopic (exact) mass is 396 g/mol. The first-order valence-corrected chi connectivity index (χ1v) is 10.4. The summed E-state index contributed by atoms with van der Waals surface area (Å²) in [5, 5.41) is 6.18. The molecule has 1 aliphatic carbocycles. The van der Waals surface area contributed by atoms with Gasteiger partial charge in [-0.2, -0.15) is 0 Å². The molecule has 1 amide bonds. The number of rotatable bonds is 9. The van der Waals surface area contributed by atoms with Crippen molar-refractivity contribution in [1.29, 1.82) is 0 Å². The first-order valence-electron chi connectivity index (χ1n) is 10.4. The van der Waals surface area contributed by atoms with Crippen LogP contribution in [-0.4, -0.2) is 80.4 Å². The molecular formula is C20H36N4O4. The maximum atomic E-state index is 12.6. The van der Waals surface area contributed by atoms with E-state index < -0.39 is 12.1 Å². The Bertz CT molecular complexity index is 544. The van der Waals surface area contributed by atoms with Crippen molar-refractivity contribution in [3.8, 4) is 0 Å². The average molecular weight is 397 g/mol. The first kappa shape index (κ1) is 22.8. The molecule has 1 heterocycles. The number of nitrogens with two attached hydrogens (primary N) is 1. The number of ether oxygens (including phenoxy) is 2. The molecule has 0 radical (unpaired) electrons. The maximum Gasteiger partial charge on any atom is 0.333 e. The highest BCUT2D eigenvalue weighted by Crippen LogP contribution is 2.24. The van der Waals surface area contributed by atoms with E-state index in [1.165, 1.54) is 6.92 Å². The molecule has 8 heteroatoms.